The van der Waals surface area contributed by atoms with Gasteiger partial charge in [0.2, 0.25) is 5.91 Å². The zero-order valence-electron chi connectivity index (χ0n) is 9.09. The van der Waals surface area contributed by atoms with E-state index in [9.17, 15) is 9.90 Å². The van der Waals surface area contributed by atoms with Crippen molar-refractivity contribution in [3.63, 3.8) is 0 Å². The highest BCUT2D eigenvalue weighted by Gasteiger charge is 2.50. The summed E-state index contributed by atoms with van der Waals surface area (Å²) in [4.78, 5) is 12.0. The Hall–Kier alpha value is -0.610. The molecule has 0 bridgehead atoms. The maximum absolute atomic E-state index is 12.0. The number of nitrogens with one attached hydrogen (secondary N) is 1. The highest BCUT2D eigenvalue weighted by Crippen LogP contribution is 2.45. The van der Waals surface area contributed by atoms with Crippen LogP contribution in [0.4, 0.5) is 0 Å². The van der Waals surface area contributed by atoms with Crippen molar-refractivity contribution in [3.8, 4) is 0 Å². The quantitative estimate of drug-likeness (QED) is 0.621. The Bertz CT molecular complexity index is 255. The van der Waals surface area contributed by atoms with Crippen molar-refractivity contribution >= 4 is 5.91 Å². The minimum Gasteiger partial charge on any atom is -0.394 e. The van der Waals surface area contributed by atoms with E-state index >= 15 is 0 Å². The lowest BCUT2D eigenvalue weighted by molar-refractivity contribution is -0.128. The van der Waals surface area contributed by atoms with Gasteiger partial charge in [-0.1, -0.05) is 12.8 Å². The summed E-state index contributed by atoms with van der Waals surface area (Å²) in [5.74, 6) is 0.0564. The molecule has 2 aliphatic carbocycles. The molecule has 2 rings (SSSR count). The molecule has 15 heavy (non-hydrogen) atoms. The van der Waals surface area contributed by atoms with Gasteiger partial charge in [-0.15, -0.1) is 0 Å². The monoisotopic (exact) mass is 212 g/mol. The van der Waals surface area contributed by atoms with Crippen LogP contribution in [0.25, 0.3) is 0 Å². The predicted molar refractivity (Wildman–Crippen MR) is 57.1 cm³/mol. The topological polar surface area (TPSA) is 75.4 Å². The average Bonchev–Trinajstić information content (AvgIpc) is 2.94. The fourth-order valence-electron chi connectivity index (χ4n) is 2.42. The molecule has 0 radical (unpaired) electrons. The summed E-state index contributed by atoms with van der Waals surface area (Å²) < 4.78 is 0. The van der Waals surface area contributed by atoms with Gasteiger partial charge in [0.1, 0.15) is 0 Å². The zero-order valence-corrected chi connectivity index (χ0v) is 9.09. The van der Waals surface area contributed by atoms with Gasteiger partial charge >= 0.3 is 0 Å². The Morgan fingerprint density at radius 1 is 1.27 bits per heavy atom. The van der Waals surface area contributed by atoms with E-state index in [0.29, 0.717) is 6.54 Å². The van der Waals surface area contributed by atoms with Gasteiger partial charge < -0.3 is 16.2 Å². The Morgan fingerprint density at radius 3 is 2.27 bits per heavy atom. The maximum Gasteiger partial charge on any atom is 0.228 e. The maximum atomic E-state index is 12.0. The van der Waals surface area contributed by atoms with Gasteiger partial charge in [0.25, 0.3) is 0 Å². The molecule has 0 spiro atoms. The van der Waals surface area contributed by atoms with Crippen LogP contribution >= 0.6 is 0 Å². The molecule has 0 saturated heterocycles. The molecule has 4 nitrogen and oxygen atoms in total. The molecule has 0 aromatic heterocycles. The number of carbonyl (C=O) groups is 1. The van der Waals surface area contributed by atoms with Crippen LogP contribution in [0.15, 0.2) is 0 Å². The van der Waals surface area contributed by atoms with Gasteiger partial charge in [-0.2, -0.15) is 0 Å². The smallest absolute Gasteiger partial charge is 0.228 e. The van der Waals surface area contributed by atoms with Gasteiger partial charge in [0.15, 0.2) is 0 Å². The first kappa shape index (κ1) is 10.9. The molecule has 2 saturated carbocycles. The largest absolute Gasteiger partial charge is 0.394 e. The van der Waals surface area contributed by atoms with Crippen LogP contribution in [0.5, 0.6) is 0 Å². The molecular weight excluding hydrogens is 192 g/mol. The first-order valence-corrected chi connectivity index (χ1v) is 5.80. The summed E-state index contributed by atoms with van der Waals surface area (Å²) in [6, 6.07) is 0. The normalized spacial score (nSPS) is 26.3. The van der Waals surface area contributed by atoms with Crippen molar-refractivity contribution in [1.29, 1.82) is 0 Å². The van der Waals surface area contributed by atoms with Gasteiger partial charge in [-0.05, 0) is 25.7 Å². The summed E-state index contributed by atoms with van der Waals surface area (Å²) >= 11 is 0. The van der Waals surface area contributed by atoms with Crippen LogP contribution in [0.1, 0.15) is 38.5 Å². The van der Waals surface area contributed by atoms with Crippen LogP contribution < -0.4 is 11.1 Å². The predicted octanol–water partition coefficient (Wildman–Crippen LogP) is 0.147. The summed E-state index contributed by atoms with van der Waals surface area (Å²) in [5, 5.41) is 12.4. The first-order valence-electron chi connectivity index (χ1n) is 5.80. The van der Waals surface area contributed by atoms with Gasteiger partial charge in [-0.3, -0.25) is 4.79 Å². The third-order valence-electron chi connectivity index (χ3n) is 3.97. The van der Waals surface area contributed by atoms with Crippen molar-refractivity contribution in [2.24, 2.45) is 11.1 Å². The SMILES string of the molecule is NCC1(C(=O)NC2(CO)CCCC2)CC1. The fraction of sp³-hybridized carbons (Fsp3) is 0.909. The Balaban J connectivity index is 1.98. The number of amides is 1. The average molecular weight is 212 g/mol. The van der Waals surface area contributed by atoms with Crippen molar-refractivity contribution < 1.29 is 9.90 Å². The molecule has 0 unspecified atom stereocenters. The standard InChI is InChI=1S/C11H20N2O2/c12-7-10(5-6-10)9(15)13-11(8-14)3-1-2-4-11/h14H,1-8,12H2,(H,13,15). The number of hydrogen-bond acceptors (Lipinski definition) is 3. The van der Waals surface area contributed by atoms with E-state index in [2.05, 4.69) is 5.32 Å². The molecule has 0 heterocycles. The van der Waals surface area contributed by atoms with Gasteiger partial charge in [0.05, 0.1) is 17.6 Å². The van der Waals surface area contributed by atoms with E-state index in [1.165, 1.54) is 0 Å². The number of rotatable bonds is 4. The molecule has 0 aliphatic heterocycles. The molecule has 4 N–H and O–H groups in total. The van der Waals surface area contributed by atoms with Crippen molar-refractivity contribution in [3.05, 3.63) is 0 Å². The van der Waals surface area contributed by atoms with Crippen LogP contribution in [0.3, 0.4) is 0 Å². The van der Waals surface area contributed by atoms with E-state index in [1.807, 2.05) is 0 Å². The third-order valence-corrected chi connectivity index (χ3v) is 3.97. The molecular formula is C11H20N2O2. The van der Waals surface area contributed by atoms with E-state index < -0.39 is 0 Å². The fourth-order valence-corrected chi connectivity index (χ4v) is 2.42. The minimum atomic E-state index is -0.345. The highest BCUT2D eigenvalue weighted by atomic mass is 16.3. The number of carbonyl (C=O) groups excluding carboxylic acids is 1. The van der Waals surface area contributed by atoms with Gasteiger partial charge in [-0.25, -0.2) is 0 Å². The number of nitrogens with two attached hydrogens (primary N) is 1. The molecule has 1 amide bonds. The van der Waals surface area contributed by atoms with E-state index in [4.69, 9.17) is 5.73 Å². The molecule has 2 aliphatic rings. The Labute approximate surface area is 90.2 Å². The number of hydrogen-bond donors (Lipinski definition) is 3. The Kier molecular flexibility index (Phi) is 2.73. The summed E-state index contributed by atoms with van der Waals surface area (Å²) in [6.07, 6.45) is 5.78. The second-order valence-corrected chi connectivity index (χ2v) is 5.08. The summed E-state index contributed by atoms with van der Waals surface area (Å²) in [6.45, 7) is 0.486. The lowest BCUT2D eigenvalue weighted by Gasteiger charge is -2.30. The molecule has 0 aromatic carbocycles. The zero-order chi connectivity index (χ0) is 10.9. The number of aliphatic hydroxyl groups is 1. The summed E-state index contributed by atoms with van der Waals surface area (Å²) in [7, 11) is 0. The van der Waals surface area contributed by atoms with E-state index in [1.54, 1.807) is 0 Å². The van der Waals surface area contributed by atoms with Gasteiger partial charge in [0, 0.05) is 6.54 Å². The molecule has 4 heteroatoms. The van der Waals surface area contributed by atoms with Crippen LogP contribution in [0.2, 0.25) is 0 Å². The van der Waals surface area contributed by atoms with Crippen LogP contribution in [-0.4, -0.2) is 29.7 Å². The van der Waals surface area contributed by atoms with Crippen LogP contribution in [-0.2, 0) is 4.79 Å². The molecule has 0 aromatic rings. The first-order chi connectivity index (χ1) is 7.16. The molecule has 0 atom stereocenters. The minimum absolute atomic E-state index is 0.0550. The van der Waals surface area contributed by atoms with E-state index in [0.717, 1.165) is 38.5 Å². The summed E-state index contributed by atoms with van der Waals surface area (Å²) in [5.41, 5.74) is 4.96. The second kappa shape index (κ2) is 3.76. The van der Waals surface area contributed by atoms with Crippen LogP contribution in [0, 0.1) is 5.41 Å². The van der Waals surface area contributed by atoms with Crippen molar-refractivity contribution in [1.82, 2.24) is 5.32 Å². The molecule has 2 fully saturated rings. The lowest BCUT2D eigenvalue weighted by atomic mass is 9.96. The lowest BCUT2D eigenvalue weighted by Crippen LogP contribution is -2.52. The highest BCUT2D eigenvalue weighted by molar-refractivity contribution is 5.86. The molecule has 86 valence electrons. The number of aliphatic hydroxyl groups excluding tert-OH is 1. The van der Waals surface area contributed by atoms with Crippen molar-refractivity contribution in [2.45, 2.75) is 44.1 Å². The Morgan fingerprint density at radius 2 is 1.87 bits per heavy atom. The van der Waals surface area contributed by atoms with E-state index in [-0.39, 0.29) is 23.5 Å². The van der Waals surface area contributed by atoms with Crippen molar-refractivity contribution in [2.75, 3.05) is 13.2 Å². The second-order valence-electron chi connectivity index (χ2n) is 5.08. The third kappa shape index (κ3) is 1.88.